The van der Waals surface area contributed by atoms with Crippen molar-refractivity contribution in [2.24, 2.45) is 0 Å². The van der Waals surface area contributed by atoms with Gasteiger partial charge in [0.15, 0.2) is 0 Å². The van der Waals surface area contributed by atoms with Crippen LogP contribution < -0.4 is 10.6 Å². The minimum atomic E-state index is -2.27. The van der Waals surface area contributed by atoms with Crippen molar-refractivity contribution < 1.29 is 24.0 Å². The summed E-state index contributed by atoms with van der Waals surface area (Å²) < 4.78 is -2.27. The van der Waals surface area contributed by atoms with E-state index in [9.17, 15) is 19.2 Å². The molecule has 5 amide bonds. The zero-order valence-corrected chi connectivity index (χ0v) is 14.1. The molecule has 1 aromatic carbocycles. The van der Waals surface area contributed by atoms with Crippen molar-refractivity contribution in [3.63, 3.8) is 0 Å². The van der Waals surface area contributed by atoms with E-state index in [1.165, 1.54) is 12.1 Å². The Bertz CT molecular complexity index is 669. The summed E-state index contributed by atoms with van der Waals surface area (Å²) in [6, 6.07) is 5.35. The Hall–Kier alpha value is -1.87. The lowest BCUT2D eigenvalue weighted by Gasteiger charge is -2.14. The Kier molecular flexibility index (Phi) is 5.66. The molecule has 24 heavy (non-hydrogen) atoms. The summed E-state index contributed by atoms with van der Waals surface area (Å²) in [4.78, 5) is 51.6. The summed E-state index contributed by atoms with van der Waals surface area (Å²) in [6.45, 7) is -0.298. The third-order valence-electron chi connectivity index (χ3n) is 2.85. The minimum absolute atomic E-state index is 0.105. The van der Waals surface area contributed by atoms with Crippen molar-refractivity contribution in [2.75, 3.05) is 13.2 Å². The zero-order valence-electron chi connectivity index (χ0n) is 11.8. The smallest absolute Gasteiger partial charge is 0.321 e. The second-order valence-electron chi connectivity index (χ2n) is 4.49. The fourth-order valence-corrected chi connectivity index (χ4v) is 1.95. The number of carbonyl (C=O) groups excluding carboxylic acids is 4. The van der Waals surface area contributed by atoms with E-state index in [4.69, 9.17) is 39.6 Å². The summed E-state index contributed by atoms with van der Waals surface area (Å²) in [6.07, 6.45) is 0. The van der Waals surface area contributed by atoms with E-state index in [0.29, 0.717) is 5.06 Å². The SMILES string of the molecule is O=C(NCCON1C(=O)c2ccccc2C1=O)NC(=O)C(Cl)(Cl)Cl. The van der Waals surface area contributed by atoms with E-state index in [0.717, 1.165) is 0 Å². The molecular formula is C13H10Cl3N3O5. The normalized spacial score (nSPS) is 13.7. The van der Waals surface area contributed by atoms with Crippen LogP contribution in [0.2, 0.25) is 0 Å². The number of benzene rings is 1. The molecule has 0 atom stereocenters. The standard InChI is InChI=1S/C13H10Cl3N3O5/c14-13(15,16)11(22)18-12(23)17-5-6-24-19-9(20)7-3-1-2-4-8(7)10(19)21/h1-4H,5-6H2,(H2,17,18,22,23). The van der Waals surface area contributed by atoms with Crippen molar-refractivity contribution in [1.82, 2.24) is 15.7 Å². The minimum Gasteiger partial charge on any atom is -0.335 e. The molecule has 2 rings (SSSR count). The lowest BCUT2D eigenvalue weighted by molar-refractivity contribution is -0.119. The quantitative estimate of drug-likeness (QED) is 0.456. The fraction of sp³-hybridized carbons (Fsp3) is 0.231. The molecule has 0 saturated heterocycles. The van der Waals surface area contributed by atoms with E-state index in [1.54, 1.807) is 17.4 Å². The number of hydrogen-bond donors (Lipinski definition) is 2. The van der Waals surface area contributed by atoms with Crippen LogP contribution in [0.25, 0.3) is 0 Å². The molecule has 0 spiro atoms. The highest BCUT2D eigenvalue weighted by Gasteiger charge is 2.36. The molecule has 0 bridgehead atoms. The second-order valence-corrected chi connectivity index (χ2v) is 6.77. The highest BCUT2D eigenvalue weighted by molar-refractivity contribution is 6.76. The number of urea groups is 1. The molecule has 11 heteroatoms. The molecule has 8 nitrogen and oxygen atoms in total. The third-order valence-corrected chi connectivity index (χ3v) is 3.36. The molecular weight excluding hydrogens is 385 g/mol. The number of alkyl halides is 3. The van der Waals surface area contributed by atoms with Crippen LogP contribution in [-0.2, 0) is 9.63 Å². The highest BCUT2D eigenvalue weighted by atomic mass is 35.6. The maximum atomic E-state index is 12.0. The van der Waals surface area contributed by atoms with Crippen LogP contribution in [-0.4, -0.2) is 45.8 Å². The molecule has 0 saturated carbocycles. The van der Waals surface area contributed by atoms with Crippen molar-refractivity contribution >= 4 is 58.6 Å². The number of nitrogens with one attached hydrogen (secondary N) is 2. The monoisotopic (exact) mass is 393 g/mol. The van der Waals surface area contributed by atoms with Gasteiger partial charge in [-0.2, -0.15) is 0 Å². The fourth-order valence-electron chi connectivity index (χ4n) is 1.80. The first kappa shape index (κ1) is 18.5. The molecule has 128 valence electrons. The van der Waals surface area contributed by atoms with Gasteiger partial charge in [0.05, 0.1) is 17.7 Å². The van der Waals surface area contributed by atoms with Crippen LogP contribution in [0.1, 0.15) is 20.7 Å². The van der Waals surface area contributed by atoms with Crippen molar-refractivity contribution in [3.8, 4) is 0 Å². The average molecular weight is 395 g/mol. The largest absolute Gasteiger partial charge is 0.335 e. The number of hydroxylamine groups is 2. The lowest BCUT2D eigenvalue weighted by atomic mass is 10.1. The second kappa shape index (κ2) is 7.35. The van der Waals surface area contributed by atoms with Gasteiger partial charge < -0.3 is 5.32 Å². The maximum absolute atomic E-state index is 12.0. The zero-order chi connectivity index (χ0) is 17.9. The number of fused-ring (bicyclic) bond motifs is 1. The number of rotatable bonds is 4. The van der Waals surface area contributed by atoms with Crippen LogP contribution in [0.15, 0.2) is 24.3 Å². The molecule has 1 aliphatic heterocycles. The summed E-state index contributed by atoms with van der Waals surface area (Å²) in [7, 11) is 0. The number of carbonyl (C=O) groups is 4. The number of hydrogen-bond acceptors (Lipinski definition) is 5. The van der Waals surface area contributed by atoms with Crippen LogP contribution in [0, 0.1) is 0 Å². The first-order valence-electron chi connectivity index (χ1n) is 6.48. The Morgan fingerprint density at radius 3 is 2.12 bits per heavy atom. The van der Waals surface area contributed by atoms with Crippen molar-refractivity contribution in [2.45, 2.75) is 3.79 Å². The summed E-state index contributed by atoms with van der Waals surface area (Å²) >= 11 is 15.9. The molecule has 0 aliphatic carbocycles. The maximum Gasteiger partial charge on any atom is 0.321 e. The molecule has 2 N–H and O–H groups in total. The van der Waals surface area contributed by atoms with Gasteiger partial charge in [0, 0.05) is 6.54 Å². The van der Waals surface area contributed by atoms with Crippen LogP contribution in [0.5, 0.6) is 0 Å². The number of amides is 5. The Balaban J connectivity index is 1.78. The Labute approximate surface area is 150 Å². The lowest BCUT2D eigenvalue weighted by Crippen LogP contribution is -2.45. The van der Waals surface area contributed by atoms with E-state index in [-0.39, 0.29) is 24.3 Å². The molecule has 0 aromatic heterocycles. The Morgan fingerprint density at radius 1 is 1.08 bits per heavy atom. The van der Waals surface area contributed by atoms with Gasteiger partial charge in [0.2, 0.25) is 0 Å². The molecule has 0 radical (unpaired) electrons. The number of imide groups is 2. The van der Waals surface area contributed by atoms with E-state index >= 15 is 0 Å². The van der Waals surface area contributed by atoms with Gasteiger partial charge in [0.25, 0.3) is 21.5 Å². The summed E-state index contributed by atoms with van der Waals surface area (Å²) in [5, 5.41) is 4.64. The number of halogens is 3. The first-order chi connectivity index (χ1) is 11.2. The Morgan fingerprint density at radius 2 is 1.62 bits per heavy atom. The molecule has 1 aromatic rings. The van der Waals surface area contributed by atoms with E-state index < -0.39 is 27.5 Å². The molecule has 1 aliphatic rings. The van der Waals surface area contributed by atoms with Gasteiger partial charge in [-0.05, 0) is 12.1 Å². The van der Waals surface area contributed by atoms with Gasteiger partial charge >= 0.3 is 6.03 Å². The van der Waals surface area contributed by atoms with E-state index in [2.05, 4.69) is 5.32 Å². The van der Waals surface area contributed by atoms with Crippen LogP contribution >= 0.6 is 34.8 Å². The topological polar surface area (TPSA) is 105 Å². The third kappa shape index (κ3) is 4.15. The van der Waals surface area contributed by atoms with Crippen molar-refractivity contribution in [3.05, 3.63) is 35.4 Å². The molecule has 1 heterocycles. The summed E-state index contributed by atoms with van der Waals surface area (Å²) in [5.74, 6) is -2.30. The molecule has 0 fully saturated rings. The van der Waals surface area contributed by atoms with Crippen molar-refractivity contribution in [1.29, 1.82) is 0 Å². The van der Waals surface area contributed by atoms with E-state index in [1.807, 2.05) is 0 Å². The molecule has 0 unspecified atom stereocenters. The number of nitrogens with zero attached hydrogens (tertiary/aromatic N) is 1. The van der Waals surface area contributed by atoms with Gasteiger partial charge in [-0.3, -0.25) is 24.5 Å². The van der Waals surface area contributed by atoms with Crippen LogP contribution in [0.3, 0.4) is 0 Å². The van der Waals surface area contributed by atoms with Gasteiger partial charge in [-0.15, -0.1) is 5.06 Å². The van der Waals surface area contributed by atoms with Gasteiger partial charge in [-0.1, -0.05) is 46.9 Å². The average Bonchev–Trinajstić information content (AvgIpc) is 2.75. The van der Waals surface area contributed by atoms with Crippen LogP contribution in [0.4, 0.5) is 4.79 Å². The van der Waals surface area contributed by atoms with Gasteiger partial charge in [0.1, 0.15) is 0 Å². The first-order valence-corrected chi connectivity index (χ1v) is 7.62. The highest BCUT2D eigenvalue weighted by Crippen LogP contribution is 2.25. The predicted octanol–water partition coefficient (Wildman–Crippen LogP) is 1.41. The predicted molar refractivity (Wildman–Crippen MR) is 84.7 cm³/mol. The van der Waals surface area contributed by atoms with Gasteiger partial charge in [-0.25, -0.2) is 4.79 Å². The summed E-state index contributed by atoms with van der Waals surface area (Å²) in [5.41, 5.74) is 0.475.